The van der Waals surface area contributed by atoms with Gasteiger partial charge in [0.25, 0.3) is 11.5 Å². The van der Waals surface area contributed by atoms with Crippen LogP contribution in [0.1, 0.15) is 5.56 Å². The molecule has 0 bridgehead atoms. The van der Waals surface area contributed by atoms with E-state index in [0.717, 1.165) is 0 Å². The number of methoxy groups -OCH3 is 1. The molecule has 2 atom stereocenters. The fraction of sp³-hybridized carbons (Fsp3) is 0.333. The van der Waals surface area contributed by atoms with Crippen molar-refractivity contribution in [3.05, 3.63) is 40.2 Å². The lowest BCUT2D eigenvalue weighted by atomic mass is 10.1. The number of carbonyl (C=O) groups is 3. The molecule has 3 rings (SSSR count). The lowest BCUT2D eigenvalue weighted by Crippen LogP contribution is -2.54. The molecule has 0 saturated carbocycles. The first-order valence-electron chi connectivity index (χ1n) is 8.38. The van der Waals surface area contributed by atoms with Gasteiger partial charge < -0.3 is 29.6 Å². The van der Waals surface area contributed by atoms with Crippen LogP contribution < -0.4 is 10.5 Å². The van der Waals surface area contributed by atoms with Crippen LogP contribution in [0.15, 0.2) is 29.1 Å². The number of benzene rings is 1. The maximum atomic E-state index is 12.5. The number of carbonyl (C=O) groups excluding carboxylic acids is 2. The van der Waals surface area contributed by atoms with Crippen molar-refractivity contribution in [2.45, 2.75) is 18.6 Å². The highest BCUT2D eigenvalue weighted by Crippen LogP contribution is 2.24. The summed E-state index contributed by atoms with van der Waals surface area (Å²) in [5.41, 5.74) is 0.646. The summed E-state index contributed by atoms with van der Waals surface area (Å²) >= 11 is 0. The third-order valence-corrected chi connectivity index (χ3v) is 4.44. The second-order valence-corrected chi connectivity index (χ2v) is 6.21. The van der Waals surface area contributed by atoms with Gasteiger partial charge in [-0.3, -0.25) is 14.4 Å². The van der Waals surface area contributed by atoms with Gasteiger partial charge in [-0.15, -0.1) is 0 Å². The van der Waals surface area contributed by atoms with Gasteiger partial charge in [0, 0.05) is 17.8 Å². The number of hydrogen-bond acceptors (Lipinski definition) is 7. The molecule has 28 heavy (non-hydrogen) atoms. The van der Waals surface area contributed by atoms with Crippen LogP contribution in [-0.2, 0) is 30.3 Å². The minimum absolute atomic E-state index is 0.0490. The number of ether oxygens (including phenoxy) is 2. The zero-order valence-corrected chi connectivity index (χ0v) is 14.9. The number of aliphatic hydroxyl groups is 1. The second kappa shape index (κ2) is 7.79. The SMILES string of the molecule is COC(=O)Cc1cc2ccc(N3CCO[C@H]([C@@H](O)C(=O)O)C3=O)cc2[nH]c1=O. The van der Waals surface area contributed by atoms with E-state index in [1.165, 1.54) is 12.0 Å². The molecule has 10 heteroatoms. The minimum atomic E-state index is -1.98. The van der Waals surface area contributed by atoms with E-state index in [2.05, 4.69) is 9.72 Å². The van der Waals surface area contributed by atoms with Gasteiger partial charge in [-0.2, -0.15) is 0 Å². The van der Waals surface area contributed by atoms with Gasteiger partial charge in [0.05, 0.1) is 25.7 Å². The average Bonchev–Trinajstić information content (AvgIpc) is 2.67. The first kappa shape index (κ1) is 19.5. The molecule has 1 fully saturated rings. The number of pyridine rings is 1. The number of esters is 1. The maximum Gasteiger partial charge on any atom is 0.335 e. The molecule has 1 saturated heterocycles. The van der Waals surface area contributed by atoms with Crippen LogP contribution in [0.3, 0.4) is 0 Å². The number of nitrogens with one attached hydrogen (secondary N) is 1. The monoisotopic (exact) mass is 390 g/mol. The topological polar surface area (TPSA) is 146 Å². The molecule has 10 nitrogen and oxygen atoms in total. The van der Waals surface area contributed by atoms with Gasteiger partial charge >= 0.3 is 11.9 Å². The summed E-state index contributed by atoms with van der Waals surface area (Å²) in [6.07, 6.45) is -3.65. The molecular formula is C18H18N2O8. The van der Waals surface area contributed by atoms with E-state index in [1.807, 2.05) is 0 Å². The average molecular weight is 390 g/mol. The van der Waals surface area contributed by atoms with E-state index >= 15 is 0 Å². The number of hydrogen-bond donors (Lipinski definition) is 3. The lowest BCUT2D eigenvalue weighted by Gasteiger charge is -2.33. The summed E-state index contributed by atoms with van der Waals surface area (Å²) in [5, 5.41) is 19.2. The zero-order chi connectivity index (χ0) is 20.4. The molecule has 2 aromatic rings. The molecule has 0 aliphatic carbocycles. The highest BCUT2D eigenvalue weighted by atomic mass is 16.5. The van der Waals surface area contributed by atoms with Crippen molar-refractivity contribution in [1.29, 1.82) is 0 Å². The van der Waals surface area contributed by atoms with Crippen molar-refractivity contribution < 1.29 is 34.1 Å². The van der Waals surface area contributed by atoms with E-state index in [4.69, 9.17) is 9.84 Å². The number of amides is 1. The molecule has 1 amide bonds. The number of aromatic amines is 1. The lowest BCUT2D eigenvalue weighted by molar-refractivity contribution is -0.163. The number of rotatable bonds is 5. The van der Waals surface area contributed by atoms with Crippen molar-refractivity contribution in [3.8, 4) is 0 Å². The molecular weight excluding hydrogens is 372 g/mol. The minimum Gasteiger partial charge on any atom is -0.479 e. The first-order chi connectivity index (χ1) is 13.3. The Bertz CT molecular complexity index is 999. The Morgan fingerprint density at radius 2 is 2.11 bits per heavy atom. The van der Waals surface area contributed by atoms with Crippen molar-refractivity contribution in [1.82, 2.24) is 4.98 Å². The van der Waals surface area contributed by atoms with E-state index in [1.54, 1.807) is 24.3 Å². The van der Waals surface area contributed by atoms with Crippen molar-refractivity contribution in [2.75, 3.05) is 25.2 Å². The number of aliphatic hydroxyl groups excluding tert-OH is 1. The third-order valence-electron chi connectivity index (χ3n) is 4.44. The molecule has 1 aromatic carbocycles. The second-order valence-electron chi connectivity index (χ2n) is 6.21. The number of anilines is 1. The van der Waals surface area contributed by atoms with Crippen LogP contribution in [-0.4, -0.2) is 65.5 Å². The predicted molar refractivity (Wildman–Crippen MR) is 96.0 cm³/mol. The molecule has 1 aliphatic rings. The van der Waals surface area contributed by atoms with Gasteiger partial charge in [0.1, 0.15) is 0 Å². The van der Waals surface area contributed by atoms with Gasteiger partial charge in [-0.25, -0.2) is 4.79 Å². The van der Waals surface area contributed by atoms with Crippen LogP contribution in [0.4, 0.5) is 5.69 Å². The smallest absolute Gasteiger partial charge is 0.335 e. The molecule has 2 heterocycles. The number of H-pyrrole nitrogens is 1. The number of aliphatic carboxylic acids is 1. The van der Waals surface area contributed by atoms with E-state index in [-0.39, 0.29) is 25.1 Å². The molecule has 3 N–H and O–H groups in total. The molecule has 1 aliphatic heterocycles. The fourth-order valence-corrected chi connectivity index (χ4v) is 2.98. The van der Waals surface area contributed by atoms with Crippen molar-refractivity contribution in [3.63, 3.8) is 0 Å². The summed E-state index contributed by atoms with van der Waals surface area (Å²) in [6, 6.07) is 6.40. The van der Waals surface area contributed by atoms with E-state index in [0.29, 0.717) is 16.6 Å². The van der Waals surface area contributed by atoms with Crippen LogP contribution >= 0.6 is 0 Å². The van der Waals surface area contributed by atoms with Crippen molar-refractivity contribution >= 4 is 34.4 Å². The number of fused-ring (bicyclic) bond motifs is 1. The normalized spacial score (nSPS) is 18.1. The maximum absolute atomic E-state index is 12.5. The van der Waals surface area contributed by atoms with Gasteiger partial charge in [0.15, 0.2) is 12.2 Å². The summed E-state index contributed by atoms with van der Waals surface area (Å²) < 4.78 is 9.68. The van der Waals surface area contributed by atoms with E-state index in [9.17, 15) is 24.3 Å². The number of aromatic nitrogens is 1. The predicted octanol–water partition coefficient (Wildman–Crippen LogP) is -0.579. The van der Waals surface area contributed by atoms with Crippen LogP contribution in [0.25, 0.3) is 10.9 Å². The van der Waals surface area contributed by atoms with Crippen LogP contribution in [0, 0.1) is 0 Å². The number of carboxylic acid groups (broad SMARTS) is 1. The summed E-state index contributed by atoms with van der Waals surface area (Å²) in [6.45, 7) is 0.213. The third kappa shape index (κ3) is 3.73. The Labute approximate surface area is 158 Å². The molecule has 0 spiro atoms. The quantitative estimate of drug-likeness (QED) is 0.575. The highest BCUT2D eigenvalue weighted by Gasteiger charge is 2.39. The molecule has 1 aromatic heterocycles. The molecule has 148 valence electrons. The Kier molecular flexibility index (Phi) is 5.43. The highest BCUT2D eigenvalue weighted by molar-refractivity contribution is 6.01. The largest absolute Gasteiger partial charge is 0.479 e. The van der Waals surface area contributed by atoms with Crippen LogP contribution in [0.5, 0.6) is 0 Å². The zero-order valence-electron chi connectivity index (χ0n) is 14.9. The standard InChI is InChI=1S/C18H18N2O8/c1-27-13(21)7-10-6-9-2-3-11(8-12(9)19-16(10)23)20-4-5-28-15(17(20)24)14(22)18(25)26/h2-3,6,8,14-15,22H,4-5,7H2,1H3,(H,19,23)(H,25,26)/t14-,15-/m1/s1. The first-order valence-corrected chi connectivity index (χ1v) is 8.38. The van der Waals surface area contributed by atoms with Gasteiger partial charge in [-0.05, 0) is 23.6 Å². The van der Waals surface area contributed by atoms with Gasteiger partial charge in [0.2, 0.25) is 0 Å². The van der Waals surface area contributed by atoms with E-state index < -0.39 is 35.6 Å². The molecule has 0 radical (unpaired) electrons. The molecule has 0 unspecified atom stereocenters. The number of morpholine rings is 1. The Morgan fingerprint density at radius 1 is 1.36 bits per heavy atom. The van der Waals surface area contributed by atoms with Crippen molar-refractivity contribution in [2.24, 2.45) is 0 Å². The Morgan fingerprint density at radius 3 is 2.79 bits per heavy atom. The van der Waals surface area contributed by atoms with Crippen LogP contribution in [0.2, 0.25) is 0 Å². The summed E-state index contributed by atoms with van der Waals surface area (Å²) in [4.78, 5) is 51.0. The summed E-state index contributed by atoms with van der Waals surface area (Å²) in [7, 11) is 1.23. The fourth-order valence-electron chi connectivity index (χ4n) is 2.98. The number of nitrogens with zero attached hydrogens (tertiary/aromatic N) is 1. The van der Waals surface area contributed by atoms with Gasteiger partial charge in [-0.1, -0.05) is 6.07 Å². The Balaban J connectivity index is 1.92. The Hall–Kier alpha value is -3.24. The summed E-state index contributed by atoms with van der Waals surface area (Å²) in [5.74, 6) is -2.78. The number of carboxylic acids is 1.